The molecule has 11 heteroatoms. The number of hydrogen-bond donors (Lipinski definition) is 2. The number of benzene rings is 1. The summed E-state index contributed by atoms with van der Waals surface area (Å²) in [6, 6.07) is 13.8. The Morgan fingerprint density at radius 2 is 1.77 bits per heavy atom. The molecule has 0 bridgehead atoms. The summed E-state index contributed by atoms with van der Waals surface area (Å²) >= 11 is 0.177. The van der Waals surface area contributed by atoms with Gasteiger partial charge >= 0.3 is 0 Å². The molecule has 6 rings (SSSR count). The Kier molecular flexibility index (Phi) is 10.9. The minimum absolute atomic E-state index is 0.177. The number of imidazole rings is 1. The number of pyridine rings is 3. The number of anilines is 1. The Labute approximate surface area is 255 Å². The van der Waals surface area contributed by atoms with Gasteiger partial charge in [-0.15, -0.1) is 3.89 Å². The van der Waals surface area contributed by atoms with Gasteiger partial charge in [0.05, 0.1) is 22.2 Å². The Hall–Kier alpha value is -4.09. The van der Waals surface area contributed by atoms with Crippen molar-refractivity contribution in [2.75, 3.05) is 38.0 Å². The number of rotatable bonds is 11. The maximum absolute atomic E-state index is 13.3. The number of carbonyl (C=O) groups is 1. The highest BCUT2D eigenvalue weighted by Crippen LogP contribution is 2.31. The monoisotopic (exact) mass is 600 g/mol. The molecular formula is C32H37FN8OS. The van der Waals surface area contributed by atoms with Crippen molar-refractivity contribution < 1.29 is 8.68 Å². The molecular weight excluding hydrogens is 563 g/mol. The molecule has 5 heterocycles. The smallest absolute Gasteiger partial charge is 0.207 e. The van der Waals surface area contributed by atoms with E-state index in [1.807, 2.05) is 42.6 Å². The molecule has 0 unspecified atom stereocenters. The Bertz CT molecular complexity index is 1620. The number of amides is 1. The largest absolute Gasteiger partial charge is 0.384 e. The minimum atomic E-state index is 0.177. The molecule has 5 aromatic rings. The first-order valence-electron chi connectivity index (χ1n) is 14.7. The molecule has 1 aliphatic rings. The van der Waals surface area contributed by atoms with E-state index in [1.165, 1.54) is 41.9 Å². The van der Waals surface area contributed by atoms with Gasteiger partial charge in [-0.25, -0.2) is 13.9 Å². The van der Waals surface area contributed by atoms with Gasteiger partial charge in [0, 0.05) is 54.5 Å². The summed E-state index contributed by atoms with van der Waals surface area (Å²) in [4.78, 5) is 30.0. The molecule has 0 saturated carbocycles. The van der Waals surface area contributed by atoms with E-state index in [0.717, 1.165) is 64.8 Å². The Morgan fingerprint density at radius 1 is 0.953 bits per heavy atom. The highest BCUT2D eigenvalue weighted by molar-refractivity contribution is 7.92. The molecule has 0 spiro atoms. The second-order valence-corrected chi connectivity index (χ2v) is 11.0. The fourth-order valence-corrected chi connectivity index (χ4v) is 5.69. The molecule has 43 heavy (non-hydrogen) atoms. The molecule has 1 amide bonds. The molecule has 0 radical (unpaired) electrons. The minimum Gasteiger partial charge on any atom is -0.384 e. The normalized spacial score (nSPS) is 13.4. The maximum atomic E-state index is 13.3. The first-order valence-corrected chi connectivity index (χ1v) is 15.4. The predicted octanol–water partition coefficient (Wildman–Crippen LogP) is 5.99. The van der Waals surface area contributed by atoms with Crippen LogP contribution in [0.25, 0.3) is 33.2 Å². The summed E-state index contributed by atoms with van der Waals surface area (Å²) in [6.45, 7) is 6.98. The molecule has 0 aliphatic carbocycles. The molecule has 4 aromatic heterocycles. The summed E-state index contributed by atoms with van der Waals surface area (Å²) in [5.74, 6) is 0.637. The van der Waals surface area contributed by atoms with Crippen LogP contribution in [0.1, 0.15) is 37.1 Å². The number of aromatic nitrogens is 5. The first kappa shape index (κ1) is 30.4. The number of nitrogens with zero attached hydrogens (tertiary/aromatic N) is 6. The number of piperidine rings is 1. The van der Waals surface area contributed by atoms with Crippen molar-refractivity contribution in [2.45, 2.75) is 39.0 Å². The van der Waals surface area contributed by atoms with E-state index in [1.54, 1.807) is 25.5 Å². The number of fused-ring (bicyclic) bond motifs is 2. The van der Waals surface area contributed by atoms with Crippen molar-refractivity contribution >= 4 is 46.4 Å². The third-order valence-corrected chi connectivity index (χ3v) is 8.15. The zero-order chi connectivity index (χ0) is 29.9. The SMILES string of the molecule is Cc1nc2cc(-c3cc(NCCCN4CCCCC4)c4cnccc4n3)ccc2n1SF.O=CNCCc1ccncc1. The molecule has 9 nitrogen and oxygen atoms in total. The van der Waals surface area contributed by atoms with Crippen LogP contribution in [0.5, 0.6) is 0 Å². The second-order valence-electron chi connectivity index (χ2n) is 10.5. The molecule has 1 aromatic carbocycles. The first-order chi connectivity index (χ1) is 21.2. The van der Waals surface area contributed by atoms with Crippen LogP contribution >= 0.6 is 12.3 Å². The van der Waals surface area contributed by atoms with Crippen molar-refractivity contribution in [3.8, 4) is 11.3 Å². The van der Waals surface area contributed by atoms with Crippen LogP contribution in [-0.4, -0.2) is 67.9 Å². The van der Waals surface area contributed by atoms with Crippen LogP contribution < -0.4 is 10.6 Å². The molecule has 1 saturated heterocycles. The topological polar surface area (TPSA) is 101 Å². The fraction of sp³-hybridized carbons (Fsp3) is 0.344. The summed E-state index contributed by atoms with van der Waals surface area (Å²) < 4.78 is 14.8. The number of nitrogens with one attached hydrogen (secondary N) is 2. The summed E-state index contributed by atoms with van der Waals surface area (Å²) in [6.07, 6.45) is 13.8. The van der Waals surface area contributed by atoms with Crippen LogP contribution in [-0.2, 0) is 11.2 Å². The molecule has 1 fully saturated rings. The molecule has 1 aliphatic heterocycles. The van der Waals surface area contributed by atoms with E-state index in [-0.39, 0.29) is 12.3 Å². The average Bonchev–Trinajstić information content (AvgIpc) is 3.38. The average molecular weight is 601 g/mol. The van der Waals surface area contributed by atoms with E-state index in [2.05, 4.69) is 36.6 Å². The molecule has 0 atom stereocenters. The lowest BCUT2D eigenvalue weighted by Crippen LogP contribution is -2.31. The van der Waals surface area contributed by atoms with Crippen molar-refractivity contribution in [3.63, 3.8) is 0 Å². The van der Waals surface area contributed by atoms with E-state index < -0.39 is 0 Å². The van der Waals surface area contributed by atoms with Gasteiger partial charge in [0.25, 0.3) is 0 Å². The van der Waals surface area contributed by atoms with Crippen LogP contribution in [0.4, 0.5) is 9.57 Å². The van der Waals surface area contributed by atoms with E-state index >= 15 is 0 Å². The molecule has 224 valence electrons. The lowest BCUT2D eigenvalue weighted by molar-refractivity contribution is -0.109. The molecule has 2 N–H and O–H groups in total. The fourth-order valence-electron chi connectivity index (χ4n) is 5.32. The lowest BCUT2D eigenvalue weighted by Gasteiger charge is -2.26. The highest BCUT2D eigenvalue weighted by atomic mass is 32.2. The van der Waals surface area contributed by atoms with Crippen LogP contribution in [0.2, 0.25) is 0 Å². The predicted molar refractivity (Wildman–Crippen MR) is 173 cm³/mol. The highest BCUT2D eigenvalue weighted by Gasteiger charge is 2.13. The standard InChI is InChI=1S/C24H27FN6S.C8H10N2O/c1-17-28-23-14-18(6-7-24(23)31(17)32-25)21-15-22(19-16-26-10-8-20(19)29-21)27-9-5-13-30-11-3-2-4-12-30;11-7-10-6-3-8-1-4-9-5-2-8/h6-8,10,14-16H,2-5,9,11-13H2,1H3,(H,27,29);1-2,4-5,7H,3,6H2,(H,10,11). The van der Waals surface area contributed by atoms with Gasteiger partial charge in [-0.05, 0) is 94.2 Å². The number of aryl methyl sites for hydroxylation is 1. The van der Waals surface area contributed by atoms with Crippen molar-refractivity contribution in [1.29, 1.82) is 0 Å². The summed E-state index contributed by atoms with van der Waals surface area (Å²) in [5, 5.41) is 7.23. The van der Waals surface area contributed by atoms with Gasteiger partial charge in [0.1, 0.15) is 5.82 Å². The number of halogens is 1. The van der Waals surface area contributed by atoms with Crippen molar-refractivity contribution in [3.05, 3.63) is 78.6 Å². The van der Waals surface area contributed by atoms with Gasteiger partial charge in [-0.1, -0.05) is 12.5 Å². The second kappa shape index (κ2) is 15.4. The quantitative estimate of drug-likeness (QED) is 0.141. The third kappa shape index (κ3) is 8.05. The van der Waals surface area contributed by atoms with E-state index in [9.17, 15) is 8.68 Å². The lowest BCUT2D eigenvalue weighted by atomic mass is 10.1. The Balaban J connectivity index is 0.000000283. The van der Waals surface area contributed by atoms with E-state index in [0.29, 0.717) is 18.8 Å². The van der Waals surface area contributed by atoms with Crippen molar-refractivity contribution in [2.24, 2.45) is 0 Å². The third-order valence-electron chi connectivity index (χ3n) is 7.55. The van der Waals surface area contributed by atoms with E-state index in [4.69, 9.17) is 4.98 Å². The zero-order valence-corrected chi connectivity index (χ0v) is 25.2. The van der Waals surface area contributed by atoms with Gasteiger partial charge in [0.15, 0.2) is 12.3 Å². The van der Waals surface area contributed by atoms with Gasteiger partial charge in [-0.3, -0.25) is 14.8 Å². The Morgan fingerprint density at radius 3 is 2.56 bits per heavy atom. The number of likely N-dealkylation sites (tertiary alicyclic amines) is 1. The van der Waals surface area contributed by atoms with Gasteiger partial charge in [-0.2, -0.15) is 0 Å². The number of hydrogen-bond acceptors (Lipinski definition) is 8. The van der Waals surface area contributed by atoms with Gasteiger partial charge < -0.3 is 15.5 Å². The maximum Gasteiger partial charge on any atom is 0.207 e. The summed E-state index contributed by atoms with van der Waals surface area (Å²) in [7, 11) is 0. The van der Waals surface area contributed by atoms with Crippen LogP contribution in [0, 0.1) is 6.92 Å². The van der Waals surface area contributed by atoms with Crippen LogP contribution in [0.3, 0.4) is 0 Å². The van der Waals surface area contributed by atoms with Crippen LogP contribution in [0.15, 0.2) is 67.3 Å². The summed E-state index contributed by atoms with van der Waals surface area (Å²) in [5.41, 5.74) is 6.48. The van der Waals surface area contributed by atoms with Gasteiger partial charge in [0.2, 0.25) is 6.41 Å². The zero-order valence-electron chi connectivity index (χ0n) is 24.4. The number of carbonyl (C=O) groups excluding carboxylic acids is 1. The van der Waals surface area contributed by atoms with Crippen molar-refractivity contribution in [1.82, 2.24) is 34.1 Å².